The maximum atomic E-state index is 6.15. The molecule has 1 aliphatic heterocycles. The molecule has 0 atom stereocenters. The smallest absolute Gasteiger partial charge is 0.245 e. The lowest BCUT2D eigenvalue weighted by molar-refractivity contribution is 0.135. The van der Waals surface area contributed by atoms with Gasteiger partial charge in [-0.1, -0.05) is 13.0 Å². The quantitative estimate of drug-likeness (QED) is 0.408. The van der Waals surface area contributed by atoms with Gasteiger partial charge in [0.05, 0.1) is 0 Å². The predicted molar refractivity (Wildman–Crippen MR) is 75.2 cm³/mol. The van der Waals surface area contributed by atoms with Crippen LogP contribution in [0.3, 0.4) is 0 Å². The molecule has 1 aromatic carbocycles. The highest BCUT2D eigenvalue weighted by atomic mass is 28.4. The van der Waals surface area contributed by atoms with Crippen LogP contribution in [0.4, 0.5) is 0 Å². The van der Waals surface area contributed by atoms with Gasteiger partial charge in [0.15, 0.2) is 11.5 Å². The highest BCUT2D eigenvalue weighted by Gasteiger charge is 2.30. The van der Waals surface area contributed by atoms with E-state index in [0.717, 1.165) is 49.3 Å². The maximum absolute atomic E-state index is 6.15. The highest BCUT2D eigenvalue weighted by molar-refractivity contribution is 6.71. The first-order valence-corrected chi connectivity index (χ1v) is 9.81. The van der Waals surface area contributed by atoms with Gasteiger partial charge in [-0.3, -0.25) is 0 Å². The molecule has 100 valence electrons. The molecule has 3 nitrogen and oxygen atoms in total. The molecule has 0 aliphatic carbocycles. The van der Waals surface area contributed by atoms with E-state index in [-0.39, 0.29) is 0 Å². The van der Waals surface area contributed by atoms with E-state index in [1.165, 1.54) is 0 Å². The molecule has 0 amide bonds. The minimum atomic E-state index is -1.66. The van der Waals surface area contributed by atoms with Gasteiger partial charge in [0.1, 0.15) is 0 Å². The Morgan fingerprint density at radius 2 is 2.06 bits per heavy atom. The Morgan fingerprint density at radius 3 is 2.83 bits per heavy atom. The molecule has 0 spiro atoms. The van der Waals surface area contributed by atoms with Crippen LogP contribution < -0.4 is 9.16 Å². The first-order valence-electron chi connectivity index (χ1n) is 6.70. The van der Waals surface area contributed by atoms with E-state index in [1.54, 1.807) is 0 Å². The van der Waals surface area contributed by atoms with Gasteiger partial charge >= 0.3 is 0 Å². The molecule has 1 heterocycles. The van der Waals surface area contributed by atoms with Crippen LogP contribution in [0.5, 0.6) is 17.2 Å². The van der Waals surface area contributed by atoms with E-state index in [1.807, 2.05) is 18.2 Å². The molecule has 18 heavy (non-hydrogen) atoms. The van der Waals surface area contributed by atoms with Crippen molar-refractivity contribution in [3.63, 3.8) is 0 Å². The molecule has 4 heteroatoms. The third kappa shape index (κ3) is 3.75. The molecular formula is C14H22O3Si. The van der Waals surface area contributed by atoms with Gasteiger partial charge in [-0.05, 0) is 44.1 Å². The van der Waals surface area contributed by atoms with Crippen LogP contribution in [0.15, 0.2) is 18.2 Å². The number of hydrogen-bond donors (Lipinski definition) is 0. The van der Waals surface area contributed by atoms with Crippen molar-refractivity contribution in [2.24, 2.45) is 0 Å². The summed E-state index contributed by atoms with van der Waals surface area (Å²) in [5.41, 5.74) is 0. The Morgan fingerprint density at radius 1 is 1.22 bits per heavy atom. The summed E-state index contributed by atoms with van der Waals surface area (Å²) in [5, 5.41) is 0. The maximum Gasteiger partial charge on any atom is 0.245 e. The Kier molecular flexibility index (Phi) is 4.30. The van der Waals surface area contributed by atoms with E-state index in [0.29, 0.717) is 0 Å². The second kappa shape index (κ2) is 5.76. The van der Waals surface area contributed by atoms with Gasteiger partial charge in [-0.2, -0.15) is 0 Å². The summed E-state index contributed by atoms with van der Waals surface area (Å²) < 4.78 is 17.0. The zero-order chi connectivity index (χ0) is 13.0. The molecule has 0 bridgehead atoms. The number of para-hydroxylation sites is 1. The number of ether oxygens (including phenoxy) is 2. The zero-order valence-corrected chi connectivity index (χ0v) is 12.5. The van der Waals surface area contributed by atoms with Crippen LogP contribution in [-0.2, 0) is 4.74 Å². The molecule has 2 rings (SSSR count). The summed E-state index contributed by atoms with van der Waals surface area (Å²) >= 11 is 0. The molecular weight excluding hydrogens is 244 g/mol. The lowest BCUT2D eigenvalue weighted by Crippen LogP contribution is -2.34. The van der Waals surface area contributed by atoms with Gasteiger partial charge in [0.25, 0.3) is 0 Å². The van der Waals surface area contributed by atoms with Crippen molar-refractivity contribution in [1.29, 1.82) is 0 Å². The van der Waals surface area contributed by atoms with E-state index < -0.39 is 8.32 Å². The standard InChI is InChI=1S/C14H22O3Si/c1-4-9-15-10-6-11-18(2,3)17-13-8-5-7-12-14(13)16-12/h5,7-8H,4,6,9-11H2,1-3H3. The van der Waals surface area contributed by atoms with Crippen LogP contribution in [0, 0.1) is 0 Å². The Hall–Kier alpha value is -1.00. The van der Waals surface area contributed by atoms with Gasteiger partial charge in [-0.15, -0.1) is 0 Å². The number of hydrogen-bond acceptors (Lipinski definition) is 3. The van der Waals surface area contributed by atoms with Crippen molar-refractivity contribution < 1.29 is 13.9 Å². The molecule has 0 aromatic heterocycles. The average Bonchev–Trinajstić information content (AvgIpc) is 3.08. The molecule has 1 aliphatic rings. The van der Waals surface area contributed by atoms with Crippen molar-refractivity contribution >= 4 is 8.32 Å². The third-order valence-corrected chi connectivity index (χ3v) is 5.25. The molecule has 0 radical (unpaired) electrons. The number of benzene rings is 1. The van der Waals surface area contributed by atoms with Gasteiger partial charge in [-0.25, -0.2) is 0 Å². The third-order valence-electron chi connectivity index (χ3n) is 2.92. The van der Waals surface area contributed by atoms with Crippen LogP contribution in [0.1, 0.15) is 19.8 Å². The molecule has 0 fully saturated rings. The summed E-state index contributed by atoms with van der Waals surface area (Å²) in [7, 11) is -1.66. The van der Waals surface area contributed by atoms with Crippen molar-refractivity contribution in [3.05, 3.63) is 18.2 Å². The predicted octanol–water partition coefficient (Wildman–Crippen LogP) is 4.19. The van der Waals surface area contributed by atoms with E-state index in [9.17, 15) is 0 Å². The fraction of sp³-hybridized carbons (Fsp3) is 0.571. The summed E-state index contributed by atoms with van der Waals surface area (Å²) in [6, 6.07) is 7.06. The van der Waals surface area contributed by atoms with Crippen molar-refractivity contribution in [3.8, 4) is 17.2 Å². The van der Waals surface area contributed by atoms with Crippen LogP contribution in [0.25, 0.3) is 0 Å². The van der Waals surface area contributed by atoms with E-state index in [4.69, 9.17) is 13.9 Å². The molecule has 0 unspecified atom stereocenters. The van der Waals surface area contributed by atoms with Crippen LogP contribution >= 0.6 is 0 Å². The SMILES string of the molecule is CCCOCCC[Si](C)(C)Oc1cccc2c1O2. The van der Waals surface area contributed by atoms with Crippen LogP contribution in [0.2, 0.25) is 19.1 Å². The fourth-order valence-corrected chi connectivity index (χ4v) is 3.79. The topological polar surface area (TPSA) is 31.0 Å². The second-order valence-corrected chi connectivity index (χ2v) is 9.49. The van der Waals surface area contributed by atoms with Crippen molar-refractivity contribution in [2.45, 2.75) is 38.9 Å². The lowest BCUT2D eigenvalue weighted by atomic mass is 10.3. The van der Waals surface area contributed by atoms with E-state index >= 15 is 0 Å². The van der Waals surface area contributed by atoms with Crippen molar-refractivity contribution in [1.82, 2.24) is 0 Å². The Bertz CT molecular complexity index is 404. The molecule has 0 saturated carbocycles. The monoisotopic (exact) mass is 266 g/mol. The molecule has 0 saturated heterocycles. The first kappa shape index (κ1) is 13.4. The minimum Gasteiger partial charge on any atom is -0.541 e. The molecule has 0 N–H and O–H groups in total. The van der Waals surface area contributed by atoms with Crippen molar-refractivity contribution in [2.75, 3.05) is 13.2 Å². The molecule has 1 aromatic rings. The van der Waals surface area contributed by atoms with Crippen LogP contribution in [-0.4, -0.2) is 21.5 Å². The number of rotatable bonds is 8. The second-order valence-electron chi connectivity index (χ2n) is 5.26. The largest absolute Gasteiger partial charge is 0.541 e. The summed E-state index contributed by atoms with van der Waals surface area (Å²) in [6.45, 7) is 8.33. The zero-order valence-electron chi connectivity index (χ0n) is 11.5. The summed E-state index contributed by atoms with van der Waals surface area (Å²) in [4.78, 5) is 0. The van der Waals surface area contributed by atoms with Gasteiger partial charge in [0.2, 0.25) is 14.1 Å². The summed E-state index contributed by atoms with van der Waals surface area (Å²) in [6.07, 6.45) is 2.17. The fourth-order valence-electron chi connectivity index (χ4n) is 1.94. The van der Waals surface area contributed by atoms with Gasteiger partial charge in [0, 0.05) is 13.2 Å². The minimum absolute atomic E-state index is 0.844. The first-order chi connectivity index (χ1) is 8.62. The lowest BCUT2D eigenvalue weighted by Gasteiger charge is -2.23. The Labute approximate surface area is 110 Å². The number of fused-ring (bicyclic) bond motifs is 1. The summed E-state index contributed by atoms with van der Waals surface area (Å²) in [5.74, 6) is 2.81. The van der Waals surface area contributed by atoms with Gasteiger partial charge < -0.3 is 13.9 Å². The Balaban J connectivity index is 1.76. The normalized spacial score (nSPS) is 12.8. The van der Waals surface area contributed by atoms with E-state index in [2.05, 4.69) is 20.0 Å². The highest BCUT2D eigenvalue weighted by Crippen LogP contribution is 2.52. The average molecular weight is 266 g/mol.